The van der Waals surface area contributed by atoms with Gasteiger partial charge in [0, 0.05) is 21.2 Å². The van der Waals surface area contributed by atoms with Crippen LogP contribution in [0.1, 0.15) is 24.7 Å². The number of hydrogen-bond acceptors (Lipinski definition) is 2. The zero-order chi connectivity index (χ0) is 14.1. The van der Waals surface area contributed by atoms with Gasteiger partial charge in [0.2, 0.25) is 0 Å². The van der Waals surface area contributed by atoms with Gasteiger partial charge in [-0.2, -0.15) is 0 Å². The Labute approximate surface area is 123 Å². The van der Waals surface area contributed by atoms with E-state index in [4.69, 9.17) is 16.0 Å². The minimum Gasteiger partial charge on any atom is -0.459 e. The number of fused-ring (bicyclic) bond motifs is 3. The van der Waals surface area contributed by atoms with Gasteiger partial charge in [-0.25, -0.2) is 0 Å². The van der Waals surface area contributed by atoms with E-state index in [0.717, 1.165) is 52.0 Å². The molecule has 1 aromatic heterocycles. The zero-order valence-corrected chi connectivity index (χ0v) is 12.6. The molecule has 0 radical (unpaired) electrons. The van der Waals surface area contributed by atoms with Gasteiger partial charge in [0.25, 0.3) is 0 Å². The van der Waals surface area contributed by atoms with Crippen molar-refractivity contribution >= 4 is 33.3 Å². The van der Waals surface area contributed by atoms with Crippen molar-refractivity contribution in [3.63, 3.8) is 0 Å². The Bertz CT molecular complexity index is 760. The van der Waals surface area contributed by atoms with E-state index in [9.17, 15) is 0 Å². The third kappa shape index (κ3) is 2.19. The molecule has 0 saturated carbocycles. The second-order valence-electron chi connectivity index (χ2n) is 5.11. The van der Waals surface area contributed by atoms with E-state index in [1.54, 1.807) is 0 Å². The van der Waals surface area contributed by atoms with Crippen molar-refractivity contribution in [2.75, 3.05) is 6.54 Å². The van der Waals surface area contributed by atoms with Crippen molar-refractivity contribution in [1.82, 2.24) is 5.32 Å². The highest BCUT2D eigenvalue weighted by Gasteiger charge is 2.14. The maximum atomic E-state index is 6.39. The molecule has 20 heavy (non-hydrogen) atoms. The van der Waals surface area contributed by atoms with Crippen LogP contribution >= 0.6 is 11.6 Å². The molecule has 0 fully saturated rings. The molecule has 3 aromatic rings. The summed E-state index contributed by atoms with van der Waals surface area (Å²) >= 11 is 6.39. The summed E-state index contributed by atoms with van der Waals surface area (Å²) in [5, 5.41) is 7.41. The SMILES string of the molecule is CCCNCc1oc2c(cc(Cl)c3ccccc32)c1C. The van der Waals surface area contributed by atoms with Gasteiger partial charge in [-0.15, -0.1) is 0 Å². The van der Waals surface area contributed by atoms with Gasteiger partial charge in [-0.3, -0.25) is 0 Å². The van der Waals surface area contributed by atoms with Gasteiger partial charge in [0.05, 0.1) is 6.54 Å². The van der Waals surface area contributed by atoms with Crippen molar-refractivity contribution in [3.05, 3.63) is 46.7 Å². The van der Waals surface area contributed by atoms with E-state index < -0.39 is 0 Å². The number of halogens is 1. The fraction of sp³-hybridized carbons (Fsp3) is 0.294. The van der Waals surface area contributed by atoms with E-state index in [2.05, 4.69) is 25.2 Å². The standard InChI is InChI=1S/C17H18ClNO/c1-3-8-19-10-16-11(2)14-9-15(18)12-6-4-5-7-13(12)17(14)20-16/h4-7,9,19H,3,8,10H2,1-2H3. The van der Waals surface area contributed by atoms with Crippen LogP contribution in [0.5, 0.6) is 0 Å². The molecule has 0 amide bonds. The molecule has 0 atom stereocenters. The molecule has 3 heteroatoms. The Morgan fingerprint density at radius 1 is 1.15 bits per heavy atom. The first-order valence-corrected chi connectivity index (χ1v) is 7.40. The maximum absolute atomic E-state index is 6.39. The lowest BCUT2D eigenvalue weighted by molar-refractivity contribution is 0.512. The summed E-state index contributed by atoms with van der Waals surface area (Å²) in [7, 11) is 0. The minimum atomic E-state index is 0.764. The van der Waals surface area contributed by atoms with Crippen LogP contribution in [0.2, 0.25) is 5.02 Å². The van der Waals surface area contributed by atoms with Gasteiger partial charge < -0.3 is 9.73 Å². The maximum Gasteiger partial charge on any atom is 0.142 e. The lowest BCUT2D eigenvalue weighted by Gasteiger charge is -2.01. The van der Waals surface area contributed by atoms with E-state index >= 15 is 0 Å². The van der Waals surface area contributed by atoms with Crippen LogP contribution in [-0.4, -0.2) is 6.54 Å². The fourth-order valence-electron chi connectivity index (χ4n) is 2.59. The monoisotopic (exact) mass is 287 g/mol. The Balaban J connectivity index is 2.17. The topological polar surface area (TPSA) is 25.2 Å². The molecular weight excluding hydrogens is 270 g/mol. The fourth-order valence-corrected chi connectivity index (χ4v) is 2.86. The molecule has 0 bridgehead atoms. The van der Waals surface area contributed by atoms with Crippen molar-refractivity contribution < 1.29 is 4.42 Å². The molecule has 0 aliphatic carbocycles. The summed E-state index contributed by atoms with van der Waals surface area (Å²) < 4.78 is 6.09. The van der Waals surface area contributed by atoms with Crippen LogP contribution in [0.25, 0.3) is 21.7 Å². The Hall–Kier alpha value is -1.51. The predicted octanol–water partition coefficient (Wildman–Crippen LogP) is 5.05. The van der Waals surface area contributed by atoms with Gasteiger partial charge in [-0.1, -0.05) is 42.8 Å². The van der Waals surface area contributed by atoms with Gasteiger partial charge in [-0.05, 0) is 31.5 Å². The number of benzene rings is 2. The summed E-state index contributed by atoms with van der Waals surface area (Å²) in [6.45, 7) is 6.02. The quantitative estimate of drug-likeness (QED) is 0.680. The molecule has 2 nitrogen and oxygen atoms in total. The first kappa shape index (κ1) is 13.5. The number of hydrogen-bond donors (Lipinski definition) is 1. The molecule has 1 heterocycles. The second kappa shape index (κ2) is 5.47. The largest absolute Gasteiger partial charge is 0.459 e. The lowest BCUT2D eigenvalue weighted by atomic mass is 10.1. The summed E-state index contributed by atoms with van der Waals surface area (Å²) in [5.41, 5.74) is 2.12. The Kier molecular flexibility index (Phi) is 3.68. The highest BCUT2D eigenvalue weighted by molar-refractivity contribution is 6.37. The zero-order valence-electron chi connectivity index (χ0n) is 11.8. The van der Waals surface area contributed by atoms with Crippen molar-refractivity contribution in [2.45, 2.75) is 26.8 Å². The second-order valence-corrected chi connectivity index (χ2v) is 5.51. The van der Waals surface area contributed by atoms with E-state index in [-0.39, 0.29) is 0 Å². The van der Waals surface area contributed by atoms with E-state index in [1.807, 2.05) is 24.3 Å². The lowest BCUT2D eigenvalue weighted by Crippen LogP contribution is -2.13. The van der Waals surface area contributed by atoms with Crippen molar-refractivity contribution in [2.24, 2.45) is 0 Å². The van der Waals surface area contributed by atoms with E-state index in [0.29, 0.717) is 0 Å². The van der Waals surface area contributed by atoms with Crippen LogP contribution in [0.3, 0.4) is 0 Å². The third-order valence-electron chi connectivity index (χ3n) is 3.70. The number of rotatable bonds is 4. The van der Waals surface area contributed by atoms with Crippen LogP contribution < -0.4 is 5.32 Å². The van der Waals surface area contributed by atoms with Crippen LogP contribution in [0.15, 0.2) is 34.7 Å². The number of aryl methyl sites for hydroxylation is 1. The molecule has 0 unspecified atom stereocenters. The Morgan fingerprint density at radius 3 is 2.65 bits per heavy atom. The van der Waals surface area contributed by atoms with Gasteiger partial charge in [0.15, 0.2) is 0 Å². The predicted molar refractivity (Wildman–Crippen MR) is 85.5 cm³/mol. The van der Waals surface area contributed by atoms with Crippen molar-refractivity contribution in [1.29, 1.82) is 0 Å². The normalized spacial score (nSPS) is 11.6. The first-order valence-electron chi connectivity index (χ1n) is 7.02. The highest BCUT2D eigenvalue weighted by Crippen LogP contribution is 2.35. The van der Waals surface area contributed by atoms with Gasteiger partial charge >= 0.3 is 0 Å². The minimum absolute atomic E-state index is 0.764. The summed E-state index contributed by atoms with van der Waals surface area (Å²) in [6.07, 6.45) is 1.12. The number of furan rings is 1. The molecular formula is C17H18ClNO. The third-order valence-corrected chi connectivity index (χ3v) is 4.02. The summed E-state index contributed by atoms with van der Waals surface area (Å²) in [6, 6.07) is 10.1. The molecule has 3 rings (SSSR count). The Morgan fingerprint density at radius 2 is 1.90 bits per heavy atom. The van der Waals surface area contributed by atoms with Crippen LogP contribution in [0, 0.1) is 6.92 Å². The summed E-state index contributed by atoms with van der Waals surface area (Å²) in [4.78, 5) is 0. The molecule has 0 aliphatic rings. The molecule has 2 aromatic carbocycles. The van der Waals surface area contributed by atoms with Crippen molar-refractivity contribution in [3.8, 4) is 0 Å². The molecule has 104 valence electrons. The average molecular weight is 288 g/mol. The molecule has 0 aliphatic heterocycles. The van der Waals surface area contributed by atoms with Gasteiger partial charge in [0.1, 0.15) is 11.3 Å². The molecule has 1 N–H and O–H groups in total. The van der Waals surface area contributed by atoms with E-state index in [1.165, 1.54) is 5.56 Å². The highest BCUT2D eigenvalue weighted by atomic mass is 35.5. The molecule has 0 saturated heterocycles. The molecule has 0 spiro atoms. The van der Waals surface area contributed by atoms with Crippen LogP contribution in [-0.2, 0) is 6.54 Å². The van der Waals surface area contributed by atoms with Crippen LogP contribution in [0.4, 0.5) is 0 Å². The summed E-state index contributed by atoms with van der Waals surface area (Å²) in [5.74, 6) is 1.00. The smallest absolute Gasteiger partial charge is 0.142 e. The average Bonchev–Trinajstić information content (AvgIpc) is 2.77. The number of nitrogens with one attached hydrogen (secondary N) is 1. The first-order chi connectivity index (χ1) is 9.72.